The van der Waals surface area contributed by atoms with Crippen LogP contribution in [0, 0.1) is 27.7 Å². The Morgan fingerprint density at radius 3 is 2.38 bits per heavy atom. The number of aliphatic carboxylic acids is 1. The van der Waals surface area contributed by atoms with E-state index in [1.165, 1.54) is 4.90 Å². The minimum absolute atomic E-state index is 0.0755. The zero-order valence-electron chi connectivity index (χ0n) is 16.7. The van der Waals surface area contributed by atoms with Gasteiger partial charge in [-0.25, -0.2) is 9.48 Å². The molecule has 0 aliphatic carbocycles. The lowest BCUT2D eigenvalue weighted by atomic mass is 10.1. The number of hydrogen-bond donors (Lipinski definition) is 1. The summed E-state index contributed by atoms with van der Waals surface area (Å²) >= 11 is 0. The van der Waals surface area contributed by atoms with Gasteiger partial charge in [0.2, 0.25) is 0 Å². The number of aryl methyl sites for hydroxylation is 4. The summed E-state index contributed by atoms with van der Waals surface area (Å²) in [5.41, 5.74) is 4.06. The number of aromatic nitrogens is 5. The fourth-order valence-electron chi connectivity index (χ4n) is 3.80. The highest BCUT2D eigenvalue weighted by Gasteiger charge is 2.37. The van der Waals surface area contributed by atoms with Crippen molar-refractivity contribution in [3.63, 3.8) is 0 Å². The lowest BCUT2D eigenvalue weighted by Crippen LogP contribution is -2.50. The Bertz CT molecular complexity index is 1110. The number of amides is 1. The molecular formula is C20H22N6O3. The number of carboxylic acid groups (broad SMARTS) is 1. The highest BCUT2D eigenvalue weighted by Crippen LogP contribution is 2.22. The van der Waals surface area contributed by atoms with E-state index in [-0.39, 0.29) is 18.8 Å². The first kappa shape index (κ1) is 18.9. The molecule has 0 saturated heterocycles. The molecule has 150 valence electrons. The van der Waals surface area contributed by atoms with Gasteiger partial charge in [0, 0.05) is 5.69 Å². The van der Waals surface area contributed by atoms with Gasteiger partial charge >= 0.3 is 5.97 Å². The molecule has 3 heterocycles. The second-order valence-electron chi connectivity index (χ2n) is 7.49. The maximum absolute atomic E-state index is 13.2. The van der Waals surface area contributed by atoms with Crippen LogP contribution in [0.1, 0.15) is 39.0 Å². The molecule has 1 atom stereocenters. The highest BCUT2D eigenvalue weighted by molar-refractivity contribution is 5.95. The molecule has 3 aromatic rings. The van der Waals surface area contributed by atoms with E-state index in [4.69, 9.17) is 0 Å². The number of rotatable bonds is 3. The molecule has 9 heteroatoms. The predicted octanol–water partition coefficient (Wildman–Crippen LogP) is 1.81. The van der Waals surface area contributed by atoms with Gasteiger partial charge in [-0.3, -0.25) is 4.79 Å². The van der Waals surface area contributed by atoms with Crippen LogP contribution in [0.5, 0.6) is 0 Å². The number of fused-ring (bicyclic) bond motifs is 1. The summed E-state index contributed by atoms with van der Waals surface area (Å²) in [7, 11) is 0. The third-order valence-corrected chi connectivity index (χ3v) is 5.16. The summed E-state index contributed by atoms with van der Waals surface area (Å²) in [6.07, 6.45) is 0. The van der Waals surface area contributed by atoms with Crippen molar-refractivity contribution in [1.82, 2.24) is 29.4 Å². The molecule has 2 aromatic heterocycles. The van der Waals surface area contributed by atoms with Crippen LogP contribution in [0.15, 0.2) is 24.3 Å². The van der Waals surface area contributed by atoms with Gasteiger partial charge in [0.15, 0.2) is 11.5 Å². The van der Waals surface area contributed by atoms with E-state index >= 15 is 0 Å². The first-order valence-corrected chi connectivity index (χ1v) is 9.32. The van der Waals surface area contributed by atoms with Crippen molar-refractivity contribution in [1.29, 1.82) is 0 Å². The molecule has 1 aliphatic rings. The molecule has 1 amide bonds. The Morgan fingerprint density at radius 2 is 1.72 bits per heavy atom. The minimum Gasteiger partial charge on any atom is -0.480 e. The summed E-state index contributed by atoms with van der Waals surface area (Å²) in [5.74, 6) is -0.301. The fourth-order valence-corrected chi connectivity index (χ4v) is 3.80. The quantitative estimate of drug-likeness (QED) is 0.726. The number of benzene rings is 1. The van der Waals surface area contributed by atoms with Crippen molar-refractivity contribution in [3.8, 4) is 5.69 Å². The number of carbonyl (C=O) groups excluding carboxylic acids is 1. The number of carbonyl (C=O) groups is 2. The van der Waals surface area contributed by atoms with Gasteiger partial charge in [-0.2, -0.15) is 5.10 Å². The Balaban J connectivity index is 1.70. The normalized spacial score (nSPS) is 16.0. The third-order valence-electron chi connectivity index (χ3n) is 5.16. The predicted molar refractivity (Wildman–Crippen MR) is 104 cm³/mol. The topological polar surface area (TPSA) is 106 Å². The van der Waals surface area contributed by atoms with Crippen LogP contribution in [-0.2, 0) is 17.9 Å². The van der Waals surface area contributed by atoms with E-state index < -0.39 is 17.9 Å². The van der Waals surface area contributed by atoms with Crippen molar-refractivity contribution in [2.75, 3.05) is 0 Å². The van der Waals surface area contributed by atoms with Gasteiger partial charge in [-0.1, -0.05) is 6.07 Å². The summed E-state index contributed by atoms with van der Waals surface area (Å²) in [5, 5.41) is 22.2. The molecular weight excluding hydrogens is 372 g/mol. The largest absolute Gasteiger partial charge is 0.480 e. The molecule has 1 aromatic carbocycles. The average Bonchev–Trinajstić information content (AvgIpc) is 3.22. The van der Waals surface area contributed by atoms with E-state index in [1.807, 2.05) is 32.9 Å². The van der Waals surface area contributed by atoms with Crippen molar-refractivity contribution in [2.24, 2.45) is 0 Å². The number of nitrogens with zero attached hydrogens (tertiary/aromatic N) is 6. The van der Waals surface area contributed by atoms with Crippen molar-refractivity contribution < 1.29 is 14.7 Å². The SMILES string of the molecule is Cc1cc(C)cc(-n2nc(C(=O)N3Cc4nnc(C)n4CC3C(=O)O)cc2C)c1. The molecule has 1 N–H and O–H groups in total. The van der Waals surface area contributed by atoms with Gasteiger partial charge in [-0.05, 0) is 57.0 Å². The van der Waals surface area contributed by atoms with Crippen molar-refractivity contribution in [3.05, 3.63) is 58.4 Å². The summed E-state index contributed by atoms with van der Waals surface area (Å²) < 4.78 is 3.45. The smallest absolute Gasteiger partial charge is 0.328 e. The zero-order valence-corrected chi connectivity index (χ0v) is 16.7. The molecule has 29 heavy (non-hydrogen) atoms. The molecule has 4 rings (SSSR count). The summed E-state index contributed by atoms with van der Waals surface area (Å²) in [6, 6.07) is 6.73. The molecule has 1 aliphatic heterocycles. The van der Waals surface area contributed by atoms with Gasteiger partial charge in [0.05, 0.1) is 18.8 Å². The van der Waals surface area contributed by atoms with Crippen LogP contribution in [-0.4, -0.2) is 52.5 Å². The first-order chi connectivity index (χ1) is 13.7. The highest BCUT2D eigenvalue weighted by atomic mass is 16.4. The lowest BCUT2D eigenvalue weighted by molar-refractivity contribution is -0.143. The van der Waals surface area contributed by atoms with Crippen molar-refractivity contribution in [2.45, 2.75) is 46.8 Å². The summed E-state index contributed by atoms with van der Waals surface area (Å²) in [4.78, 5) is 26.3. The van der Waals surface area contributed by atoms with Gasteiger partial charge in [-0.15, -0.1) is 10.2 Å². The molecule has 0 spiro atoms. The van der Waals surface area contributed by atoms with Crippen LogP contribution in [0.2, 0.25) is 0 Å². The van der Waals surface area contributed by atoms with Gasteiger partial charge < -0.3 is 14.6 Å². The fraction of sp³-hybridized carbons (Fsp3) is 0.350. The van der Waals surface area contributed by atoms with Crippen LogP contribution >= 0.6 is 0 Å². The Kier molecular flexibility index (Phi) is 4.45. The second kappa shape index (κ2) is 6.84. The van der Waals surface area contributed by atoms with Crippen LogP contribution in [0.4, 0.5) is 0 Å². The lowest BCUT2D eigenvalue weighted by Gasteiger charge is -2.32. The Hall–Kier alpha value is -3.49. The molecule has 0 radical (unpaired) electrons. The molecule has 1 unspecified atom stereocenters. The first-order valence-electron chi connectivity index (χ1n) is 9.32. The zero-order chi connectivity index (χ0) is 20.9. The van der Waals surface area contributed by atoms with E-state index in [9.17, 15) is 14.7 Å². The van der Waals surface area contributed by atoms with Crippen LogP contribution in [0.3, 0.4) is 0 Å². The molecule has 9 nitrogen and oxygen atoms in total. The van der Waals surface area contributed by atoms with E-state index in [0.717, 1.165) is 22.5 Å². The van der Waals surface area contributed by atoms with E-state index in [1.54, 1.807) is 22.2 Å². The van der Waals surface area contributed by atoms with Crippen LogP contribution in [0.25, 0.3) is 5.69 Å². The monoisotopic (exact) mass is 394 g/mol. The second-order valence-corrected chi connectivity index (χ2v) is 7.49. The van der Waals surface area contributed by atoms with E-state index in [0.29, 0.717) is 11.6 Å². The Morgan fingerprint density at radius 1 is 1.03 bits per heavy atom. The third kappa shape index (κ3) is 3.28. The van der Waals surface area contributed by atoms with Gasteiger partial charge in [0.25, 0.3) is 5.91 Å². The average molecular weight is 394 g/mol. The summed E-state index contributed by atoms with van der Waals surface area (Å²) in [6.45, 7) is 7.83. The standard InChI is InChI=1S/C20H22N6O3/c1-11-5-12(2)7-15(6-11)26-13(3)8-16(23-26)19(27)25-10-18-22-21-14(4)24(18)9-17(25)20(28)29/h5-8,17H,9-10H2,1-4H3,(H,28,29). The molecule has 0 bridgehead atoms. The number of hydrogen-bond acceptors (Lipinski definition) is 5. The van der Waals surface area contributed by atoms with Gasteiger partial charge in [0.1, 0.15) is 11.9 Å². The molecule has 0 saturated carbocycles. The number of carboxylic acids is 1. The maximum Gasteiger partial charge on any atom is 0.328 e. The van der Waals surface area contributed by atoms with Crippen LogP contribution < -0.4 is 0 Å². The Labute approximate surface area is 167 Å². The van der Waals surface area contributed by atoms with Crippen molar-refractivity contribution >= 4 is 11.9 Å². The minimum atomic E-state index is -1.07. The maximum atomic E-state index is 13.2. The van der Waals surface area contributed by atoms with E-state index in [2.05, 4.69) is 21.4 Å². The molecule has 0 fully saturated rings.